The number of carbonyl (C=O) groups is 1. The van der Waals surface area contributed by atoms with Crippen LogP contribution in [0.15, 0.2) is 72.4 Å². The monoisotopic (exact) mass is 512 g/mol. The van der Waals surface area contributed by atoms with Crippen molar-refractivity contribution < 1.29 is 14.3 Å². The fraction of sp³-hybridized carbons (Fsp3) is 0.154. The Morgan fingerprint density at radius 2 is 1.59 bits per heavy atom. The molecule has 1 amide bonds. The second kappa shape index (κ2) is 10.5. The Balaban J connectivity index is 1.47. The predicted molar refractivity (Wildman–Crippen MR) is 141 cm³/mol. The molecule has 4 rings (SSSR count). The van der Waals surface area contributed by atoms with Gasteiger partial charge in [-0.2, -0.15) is 0 Å². The van der Waals surface area contributed by atoms with Gasteiger partial charge in [-0.05, 0) is 79.3 Å². The number of hydrogen-bond acceptors (Lipinski definition) is 4. The molecular weight excluding hydrogens is 491 g/mol. The summed E-state index contributed by atoms with van der Waals surface area (Å²) in [6, 6.07) is 20.1. The van der Waals surface area contributed by atoms with Gasteiger partial charge in [-0.1, -0.05) is 41.4 Å². The first-order valence-corrected chi connectivity index (χ1v) is 11.8. The second-order valence-corrected chi connectivity index (χ2v) is 8.74. The fourth-order valence-corrected chi connectivity index (χ4v) is 4.21. The number of thiocarbonyl (C=S) groups is 1. The van der Waals surface area contributed by atoms with Crippen LogP contribution in [-0.4, -0.2) is 29.6 Å². The lowest BCUT2D eigenvalue weighted by Gasteiger charge is -2.16. The molecular formula is C26H22Cl2N2O3S. The van der Waals surface area contributed by atoms with Gasteiger partial charge in [0.15, 0.2) is 5.11 Å². The van der Waals surface area contributed by atoms with Crippen LogP contribution >= 0.6 is 35.4 Å². The third kappa shape index (κ3) is 5.20. The first-order chi connectivity index (χ1) is 16.4. The van der Waals surface area contributed by atoms with Gasteiger partial charge in [0.1, 0.15) is 23.8 Å². The molecule has 3 aromatic carbocycles. The highest BCUT2D eigenvalue weighted by Gasteiger charge is 2.36. The van der Waals surface area contributed by atoms with Crippen molar-refractivity contribution in [2.24, 2.45) is 0 Å². The van der Waals surface area contributed by atoms with E-state index in [2.05, 4.69) is 0 Å². The van der Waals surface area contributed by atoms with Crippen molar-refractivity contribution in [1.29, 1.82) is 0 Å². The average Bonchev–Trinajstić information content (AvgIpc) is 3.03. The number of hydrogen-bond donors (Lipinski definition) is 0. The minimum atomic E-state index is -0.186. The normalized spacial score (nSPS) is 14.8. The maximum atomic E-state index is 13.2. The summed E-state index contributed by atoms with van der Waals surface area (Å²) in [5.74, 6) is 1.24. The maximum absolute atomic E-state index is 13.2. The van der Waals surface area contributed by atoms with Gasteiger partial charge in [0.25, 0.3) is 5.91 Å². The van der Waals surface area contributed by atoms with Gasteiger partial charge in [0, 0.05) is 22.7 Å². The molecule has 1 aliphatic heterocycles. The molecule has 1 heterocycles. The Bertz CT molecular complexity index is 1240. The van der Waals surface area contributed by atoms with Crippen LogP contribution in [0.1, 0.15) is 18.1 Å². The maximum Gasteiger partial charge on any atom is 0.281 e. The zero-order chi connectivity index (χ0) is 24.2. The molecule has 1 aliphatic rings. The Kier molecular flexibility index (Phi) is 7.41. The van der Waals surface area contributed by atoms with E-state index in [1.807, 2.05) is 67.6 Å². The largest absolute Gasteiger partial charge is 0.494 e. The van der Waals surface area contributed by atoms with E-state index in [1.54, 1.807) is 24.1 Å². The SMILES string of the molecule is CCOc1ccc(N2C(=O)/C(=C/c3ccc(OCc4ccc(Cl)cc4Cl)cc3)N(C)C2=S)cc1. The van der Waals surface area contributed by atoms with E-state index >= 15 is 0 Å². The molecule has 1 fully saturated rings. The van der Waals surface area contributed by atoms with E-state index in [4.69, 9.17) is 44.9 Å². The van der Waals surface area contributed by atoms with Crippen LogP contribution in [0.5, 0.6) is 11.5 Å². The summed E-state index contributed by atoms with van der Waals surface area (Å²) >= 11 is 17.7. The van der Waals surface area contributed by atoms with E-state index in [0.717, 1.165) is 16.9 Å². The standard InChI is InChI=1S/C26H22Cl2N2O3S/c1-3-32-21-12-8-20(9-13-21)30-25(31)24(29(2)26(30)34)14-17-4-10-22(11-5-17)33-16-18-6-7-19(27)15-23(18)28/h4-15H,3,16H2,1-2H3/b24-14-. The molecule has 174 valence electrons. The second-order valence-electron chi connectivity index (χ2n) is 7.53. The van der Waals surface area contributed by atoms with Crippen molar-refractivity contribution >= 4 is 58.2 Å². The average molecular weight is 513 g/mol. The summed E-state index contributed by atoms with van der Waals surface area (Å²) < 4.78 is 11.3. The number of amides is 1. The zero-order valence-corrected chi connectivity index (χ0v) is 21.0. The van der Waals surface area contributed by atoms with Crippen LogP contribution in [-0.2, 0) is 11.4 Å². The number of likely N-dealkylation sites (N-methyl/N-ethyl adjacent to an activating group) is 1. The molecule has 0 bridgehead atoms. The van der Waals surface area contributed by atoms with Crippen molar-refractivity contribution in [3.63, 3.8) is 0 Å². The highest BCUT2D eigenvalue weighted by atomic mass is 35.5. The quantitative estimate of drug-likeness (QED) is 0.264. The van der Waals surface area contributed by atoms with E-state index in [0.29, 0.717) is 45.5 Å². The number of benzene rings is 3. The summed E-state index contributed by atoms with van der Waals surface area (Å²) in [6.45, 7) is 2.82. The van der Waals surface area contributed by atoms with Crippen LogP contribution in [0.4, 0.5) is 5.69 Å². The van der Waals surface area contributed by atoms with Crippen molar-refractivity contribution in [2.45, 2.75) is 13.5 Å². The lowest BCUT2D eigenvalue weighted by molar-refractivity contribution is -0.114. The van der Waals surface area contributed by atoms with Gasteiger partial charge in [0.2, 0.25) is 0 Å². The van der Waals surface area contributed by atoms with Gasteiger partial charge in [-0.25, -0.2) is 0 Å². The lowest BCUT2D eigenvalue weighted by Crippen LogP contribution is -2.31. The Labute approximate surface area is 214 Å². The van der Waals surface area contributed by atoms with Crippen molar-refractivity contribution in [1.82, 2.24) is 4.90 Å². The van der Waals surface area contributed by atoms with Crippen molar-refractivity contribution in [2.75, 3.05) is 18.6 Å². The smallest absolute Gasteiger partial charge is 0.281 e. The fourth-order valence-electron chi connectivity index (χ4n) is 3.46. The van der Waals surface area contributed by atoms with Crippen LogP contribution in [0.2, 0.25) is 10.0 Å². The third-order valence-corrected chi connectivity index (χ3v) is 6.30. The van der Waals surface area contributed by atoms with Gasteiger partial charge < -0.3 is 14.4 Å². The number of carbonyl (C=O) groups excluding carboxylic acids is 1. The molecule has 0 aromatic heterocycles. The molecule has 0 atom stereocenters. The van der Waals surface area contributed by atoms with Crippen LogP contribution in [0, 0.1) is 0 Å². The summed E-state index contributed by atoms with van der Waals surface area (Å²) in [5.41, 5.74) is 2.88. The van der Waals surface area contributed by atoms with Gasteiger partial charge >= 0.3 is 0 Å². The third-order valence-electron chi connectivity index (χ3n) is 5.26. The van der Waals surface area contributed by atoms with Gasteiger partial charge in [-0.15, -0.1) is 0 Å². The minimum Gasteiger partial charge on any atom is -0.494 e. The van der Waals surface area contributed by atoms with E-state index in [1.165, 1.54) is 4.90 Å². The van der Waals surface area contributed by atoms with Crippen LogP contribution in [0.3, 0.4) is 0 Å². The van der Waals surface area contributed by atoms with E-state index < -0.39 is 0 Å². The number of anilines is 1. The molecule has 5 nitrogen and oxygen atoms in total. The molecule has 8 heteroatoms. The molecule has 0 saturated carbocycles. The minimum absolute atomic E-state index is 0.186. The number of ether oxygens (including phenoxy) is 2. The molecule has 0 spiro atoms. The van der Waals surface area contributed by atoms with E-state index in [9.17, 15) is 4.79 Å². The topological polar surface area (TPSA) is 42.0 Å². The molecule has 0 N–H and O–H groups in total. The summed E-state index contributed by atoms with van der Waals surface area (Å²) in [5, 5.41) is 1.56. The summed E-state index contributed by atoms with van der Waals surface area (Å²) in [6.07, 6.45) is 1.81. The Hall–Kier alpha value is -3.06. The highest BCUT2D eigenvalue weighted by molar-refractivity contribution is 7.80. The number of halogens is 2. The Morgan fingerprint density at radius 1 is 0.941 bits per heavy atom. The zero-order valence-electron chi connectivity index (χ0n) is 18.6. The first-order valence-electron chi connectivity index (χ1n) is 10.6. The Morgan fingerprint density at radius 3 is 2.24 bits per heavy atom. The summed E-state index contributed by atoms with van der Waals surface area (Å²) in [7, 11) is 1.79. The molecule has 0 radical (unpaired) electrons. The lowest BCUT2D eigenvalue weighted by atomic mass is 10.1. The number of rotatable bonds is 7. The molecule has 34 heavy (non-hydrogen) atoms. The van der Waals surface area contributed by atoms with Crippen molar-refractivity contribution in [3.8, 4) is 11.5 Å². The molecule has 0 aliphatic carbocycles. The van der Waals surface area contributed by atoms with Crippen molar-refractivity contribution in [3.05, 3.63) is 93.6 Å². The molecule has 3 aromatic rings. The van der Waals surface area contributed by atoms with Crippen LogP contribution < -0.4 is 14.4 Å². The predicted octanol–water partition coefficient (Wildman–Crippen LogP) is 6.58. The van der Waals surface area contributed by atoms with Crippen LogP contribution in [0.25, 0.3) is 6.08 Å². The molecule has 0 unspecified atom stereocenters. The highest BCUT2D eigenvalue weighted by Crippen LogP contribution is 2.30. The first kappa shape index (κ1) is 24.1. The van der Waals surface area contributed by atoms with Gasteiger partial charge in [-0.3, -0.25) is 9.69 Å². The number of nitrogens with zero attached hydrogens (tertiary/aromatic N) is 2. The van der Waals surface area contributed by atoms with Gasteiger partial charge in [0.05, 0.1) is 12.3 Å². The molecule has 1 saturated heterocycles. The van der Waals surface area contributed by atoms with E-state index in [-0.39, 0.29) is 5.91 Å². The summed E-state index contributed by atoms with van der Waals surface area (Å²) in [4.78, 5) is 16.4.